The van der Waals surface area contributed by atoms with Crippen LogP contribution in [-0.4, -0.2) is 25.5 Å². The fraction of sp³-hybridized carbons (Fsp3) is 0.217. The minimum absolute atomic E-state index is 0.0740. The van der Waals surface area contributed by atoms with Crippen molar-refractivity contribution in [2.24, 2.45) is 0 Å². The Morgan fingerprint density at radius 2 is 1.70 bits per heavy atom. The fourth-order valence-electron chi connectivity index (χ4n) is 3.61. The van der Waals surface area contributed by atoms with Gasteiger partial charge in [0.2, 0.25) is 11.9 Å². The minimum Gasteiger partial charge on any atom is -0.366 e. The Kier molecular flexibility index (Phi) is 5.18. The number of nitrogens with one attached hydrogen (secondary N) is 1. The predicted octanol–water partition coefficient (Wildman–Crippen LogP) is 3.41. The molecular weight excluding hydrogens is 376 g/mol. The predicted molar refractivity (Wildman–Crippen MR) is 117 cm³/mol. The molecule has 4 rings (SSSR count). The van der Waals surface area contributed by atoms with Crippen LogP contribution in [0.15, 0.2) is 54.6 Å². The number of hydrogen-bond donors (Lipinski definition) is 2. The molecule has 0 saturated heterocycles. The van der Waals surface area contributed by atoms with Gasteiger partial charge in [0.05, 0.1) is 12.5 Å². The van der Waals surface area contributed by atoms with Crippen LogP contribution in [0, 0.1) is 13.8 Å². The van der Waals surface area contributed by atoms with Crippen LogP contribution in [0.5, 0.6) is 0 Å². The average molecular weight is 400 g/mol. The molecule has 0 radical (unpaired) electrons. The number of nitrogen functional groups attached to an aromatic ring is 1. The maximum absolute atomic E-state index is 12.7. The Balaban J connectivity index is 1.47. The van der Waals surface area contributed by atoms with Gasteiger partial charge in [0.1, 0.15) is 0 Å². The SMILES string of the molecule is Cc1nc2nc(N)nn2c(C)c1CC(=O)NC(C)c1ccc(-c2ccccc2)cc1. The number of aryl methyl sites for hydroxylation is 2. The van der Waals surface area contributed by atoms with E-state index in [1.807, 2.05) is 39.0 Å². The molecule has 7 heteroatoms. The zero-order chi connectivity index (χ0) is 21.3. The average Bonchev–Trinajstić information content (AvgIpc) is 3.12. The lowest BCUT2D eigenvalue weighted by Gasteiger charge is -2.16. The number of benzene rings is 2. The van der Waals surface area contributed by atoms with Gasteiger partial charge in [-0.05, 0) is 37.5 Å². The summed E-state index contributed by atoms with van der Waals surface area (Å²) in [6, 6.07) is 18.4. The largest absolute Gasteiger partial charge is 0.366 e. The van der Waals surface area contributed by atoms with E-state index < -0.39 is 0 Å². The summed E-state index contributed by atoms with van der Waals surface area (Å²) in [5.74, 6) is 0.535. The van der Waals surface area contributed by atoms with E-state index in [1.165, 1.54) is 5.56 Å². The van der Waals surface area contributed by atoms with Gasteiger partial charge in [-0.3, -0.25) is 4.79 Å². The smallest absolute Gasteiger partial charge is 0.254 e. The van der Waals surface area contributed by atoms with E-state index in [0.29, 0.717) is 5.78 Å². The molecule has 0 aliphatic rings. The number of amides is 1. The summed E-state index contributed by atoms with van der Waals surface area (Å²) in [7, 11) is 0. The topological polar surface area (TPSA) is 98.2 Å². The third-order valence-corrected chi connectivity index (χ3v) is 5.30. The molecule has 30 heavy (non-hydrogen) atoms. The van der Waals surface area contributed by atoms with E-state index in [4.69, 9.17) is 5.73 Å². The summed E-state index contributed by atoms with van der Waals surface area (Å²) in [5.41, 5.74) is 11.4. The number of rotatable bonds is 5. The second-order valence-corrected chi connectivity index (χ2v) is 7.40. The van der Waals surface area contributed by atoms with Gasteiger partial charge in [-0.2, -0.15) is 9.50 Å². The van der Waals surface area contributed by atoms with E-state index in [1.54, 1.807) is 4.52 Å². The molecule has 152 valence electrons. The number of anilines is 1. The number of nitrogens with two attached hydrogens (primary N) is 1. The van der Waals surface area contributed by atoms with Crippen LogP contribution in [0.25, 0.3) is 16.9 Å². The monoisotopic (exact) mass is 400 g/mol. The fourth-order valence-corrected chi connectivity index (χ4v) is 3.61. The third-order valence-electron chi connectivity index (χ3n) is 5.30. The summed E-state index contributed by atoms with van der Waals surface area (Å²) in [6.45, 7) is 5.74. The van der Waals surface area contributed by atoms with Crippen LogP contribution >= 0.6 is 0 Å². The van der Waals surface area contributed by atoms with E-state index in [9.17, 15) is 4.79 Å². The van der Waals surface area contributed by atoms with Crippen molar-refractivity contribution in [1.29, 1.82) is 0 Å². The molecule has 4 aromatic rings. The van der Waals surface area contributed by atoms with E-state index in [2.05, 4.69) is 56.8 Å². The summed E-state index contributed by atoms with van der Waals surface area (Å²) in [6.07, 6.45) is 0.215. The lowest BCUT2D eigenvalue weighted by Crippen LogP contribution is -2.29. The quantitative estimate of drug-likeness (QED) is 0.535. The van der Waals surface area contributed by atoms with Gasteiger partial charge in [0, 0.05) is 17.0 Å². The van der Waals surface area contributed by atoms with Crippen LogP contribution in [0.4, 0.5) is 5.95 Å². The summed E-state index contributed by atoms with van der Waals surface area (Å²) in [4.78, 5) is 21.2. The molecule has 2 heterocycles. The van der Waals surface area contributed by atoms with Crippen LogP contribution < -0.4 is 11.1 Å². The molecule has 0 bridgehead atoms. The molecule has 0 aliphatic carbocycles. The number of hydrogen-bond acceptors (Lipinski definition) is 5. The van der Waals surface area contributed by atoms with Crippen molar-refractivity contribution in [3.05, 3.63) is 77.1 Å². The highest BCUT2D eigenvalue weighted by Crippen LogP contribution is 2.22. The Labute approximate surface area is 175 Å². The summed E-state index contributed by atoms with van der Waals surface area (Å²) < 4.78 is 1.58. The third kappa shape index (κ3) is 3.87. The Hall–Kier alpha value is -3.74. The Morgan fingerprint density at radius 1 is 1.03 bits per heavy atom. The molecule has 1 amide bonds. The molecule has 1 atom stereocenters. The van der Waals surface area contributed by atoms with Crippen molar-refractivity contribution >= 4 is 17.6 Å². The minimum atomic E-state index is -0.110. The van der Waals surface area contributed by atoms with E-state index in [-0.39, 0.29) is 24.3 Å². The first-order valence-electron chi connectivity index (χ1n) is 9.85. The first kappa shape index (κ1) is 19.6. The molecule has 0 fully saturated rings. The van der Waals surface area contributed by atoms with Crippen molar-refractivity contribution < 1.29 is 4.79 Å². The first-order chi connectivity index (χ1) is 14.4. The molecule has 1 unspecified atom stereocenters. The summed E-state index contributed by atoms with van der Waals surface area (Å²) in [5, 5.41) is 7.23. The molecule has 2 aromatic heterocycles. The van der Waals surface area contributed by atoms with Crippen molar-refractivity contribution in [2.45, 2.75) is 33.2 Å². The second kappa shape index (κ2) is 7.94. The van der Waals surface area contributed by atoms with Crippen molar-refractivity contribution in [2.75, 3.05) is 5.73 Å². The molecule has 7 nitrogen and oxygen atoms in total. The van der Waals surface area contributed by atoms with Crippen LogP contribution in [-0.2, 0) is 11.2 Å². The molecule has 3 N–H and O–H groups in total. The number of fused-ring (bicyclic) bond motifs is 1. The normalized spacial score (nSPS) is 12.1. The lowest BCUT2D eigenvalue weighted by atomic mass is 10.0. The van der Waals surface area contributed by atoms with Gasteiger partial charge in [-0.1, -0.05) is 54.6 Å². The number of carbonyl (C=O) groups excluding carboxylic acids is 1. The Morgan fingerprint density at radius 3 is 2.40 bits per heavy atom. The maximum Gasteiger partial charge on any atom is 0.254 e. The maximum atomic E-state index is 12.7. The molecule has 0 saturated carbocycles. The lowest BCUT2D eigenvalue weighted by molar-refractivity contribution is -0.121. The van der Waals surface area contributed by atoms with Crippen molar-refractivity contribution in [3.63, 3.8) is 0 Å². The molecule has 0 aliphatic heterocycles. The number of nitrogens with zero attached hydrogens (tertiary/aromatic N) is 4. The molecule has 0 spiro atoms. The second-order valence-electron chi connectivity index (χ2n) is 7.40. The zero-order valence-electron chi connectivity index (χ0n) is 17.3. The van der Waals surface area contributed by atoms with E-state index in [0.717, 1.165) is 28.1 Å². The van der Waals surface area contributed by atoms with Gasteiger partial charge >= 0.3 is 0 Å². The van der Waals surface area contributed by atoms with Gasteiger partial charge in [0.25, 0.3) is 5.78 Å². The van der Waals surface area contributed by atoms with Crippen LogP contribution in [0.3, 0.4) is 0 Å². The highest BCUT2D eigenvalue weighted by molar-refractivity contribution is 5.79. The summed E-state index contributed by atoms with van der Waals surface area (Å²) >= 11 is 0. The van der Waals surface area contributed by atoms with Gasteiger partial charge in [0.15, 0.2) is 0 Å². The molecular formula is C23H24N6O. The van der Waals surface area contributed by atoms with Crippen LogP contribution in [0.2, 0.25) is 0 Å². The number of aromatic nitrogens is 4. The zero-order valence-corrected chi connectivity index (χ0v) is 17.3. The Bertz CT molecular complexity index is 1200. The first-order valence-corrected chi connectivity index (χ1v) is 9.85. The van der Waals surface area contributed by atoms with E-state index >= 15 is 0 Å². The van der Waals surface area contributed by atoms with Crippen molar-refractivity contribution in [1.82, 2.24) is 24.9 Å². The van der Waals surface area contributed by atoms with Gasteiger partial charge < -0.3 is 11.1 Å². The van der Waals surface area contributed by atoms with Crippen molar-refractivity contribution in [3.8, 4) is 11.1 Å². The number of carbonyl (C=O) groups is 1. The standard InChI is InChI=1S/C23H24N6O/c1-14(17-9-11-19(12-10-17)18-7-5-4-6-8-18)25-21(30)13-20-15(2)26-23-27-22(24)28-29(23)16(20)3/h4-12,14H,13H2,1-3H3,(H2,24,28)(H,25,30). The van der Waals surface area contributed by atoms with Crippen LogP contribution in [0.1, 0.15) is 35.5 Å². The highest BCUT2D eigenvalue weighted by Gasteiger charge is 2.17. The van der Waals surface area contributed by atoms with Gasteiger partial charge in [-0.15, -0.1) is 5.10 Å². The van der Waals surface area contributed by atoms with Gasteiger partial charge in [-0.25, -0.2) is 4.98 Å². The highest BCUT2D eigenvalue weighted by atomic mass is 16.1. The molecule has 2 aromatic carbocycles.